The van der Waals surface area contributed by atoms with Crippen LogP contribution in [0.25, 0.3) is 0 Å². The average molecular weight is 429 g/mol. The molecule has 7 atom stereocenters. The number of hydrogen-bond donors (Lipinski definition) is 0. The molecule has 0 heterocycles. The van der Waals surface area contributed by atoms with Gasteiger partial charge in [0.1, 0.15) is 6.10 Å². The molecule has 0 bridgehead atoms. The van der Waals surface area contributed by atoms with Gasteiger partial charge in [-0.3, -0.25) is 4.79 Å². The summed E-state index contributed by atoms with van der Waals surface area (Å²) in [6.45, 7) is 14.4. The predicted octanol–water partition coefficient (Wildman–Crippen LogP) is 6.87. The summed E-state index contributed by atoms with van der Waals surface area (Å²) in [5.41, 5.74) is 3.86. The smallest absolute Gasteiger partial charge is 0.302 e. The van der Waals surface area contributed by atoms with Gasteiger partial charge in [-0.2, -0.15) is 0 Å². The van der Waals surface area contributed by atoms with E-state index in [2.05, 4.69) is 46.8 Å². The van der Waals surface area contributed by atoms with Gasteiger partial charge in [-0.15, -0.1) is 0 Å². The first-order valence-electron chi connectivity index (χ1n) is 12.8. The zero-order valence-corrected chi connectivity index (χ0v) is 20.7. The van der Waals surface area contributed by atoms with Gasteiger partial charge in [-0.05, 0) is 86.4 Å². The number of hydrogen-bond acceptors (Lipinski definition) is 3. The van der Waals surface area contributed by atoms with Crippen LogP contribution in [0.4, 0.5) is 0 Å². The summed E-state index contributed by atoms with van der Waals surface area (Å²) >= 11 is 0. The quantitative estimate of drug-likeness (QED) is 0.433. The van der Waals surface area contributed by atoms with Crippen molar-refractivity contribution < 1.29 is 14.3 Å². The third-order valence-corrected chi connectivity index (χ3v) is 9.57. The minimum atomic E-state index is -0.142. The van der Waals surface area contributed by atoms with Crippen LogP contribution in [0.15, 0.2) is 23.3 Å². The molecule has 3 heteroatoms. The van der Waals surface area contributed by atoms with E-state index in [-0.39, 0.29) is 17.5 Å². The van der Waals surface area contributed by atoms with Gasteiger partial charge in [-0.25, -0.2) is 0 Å². The summed E-state index contributed by atoms with van der Waals surface area (Å²) in [5.74, 6) is 2.61. The van der Waals surface area contributed by atoms with E-state index in [4.69, 9.17) is 9.47 Å². The van der Waals surface area contributed by atoms with Crippen molar-refractivity contribution in [3.05, 3.63) is 23.3 Å². The lowest BCUT2D eigenvalue weighted by atomic mass is 9.50. The van der Waals surface area contributed by atoms with Gasteiger partial charge in [0.15, 0.2) is 0 Å². The maximum Gasteiger partial charge on any atom is 0.302 e. The normalized spacial score (nSPS) is 40.4. The highest BCUT2D eigenvalue weighted by molar-refractivity contribution is 5.66. The highest BCUT2D eigenvalue weighted by Crippen LogP contribution is 2.65. The second-order valence-electron chi connectivity index (χ2n) is 11.8. The van der Waals surface area contributed by atoms with Gasteiger partial charge in [0.2, 0.25) is 0 Å². The molecule has 0 aromatic rings. The molecule has 3 fully saturated rings. The largest absolute Gasteiger partial charge is 0.462 e. The Morgan fingerprint density at radius 3 is 2.55 bits per heavy atom. The average Bonchev–Trinajstić information content (AvgIpc) is 3.05. The van der Waals surface area contributed by atoms with Crippen molar-refractivity contribution in [3.8, 4) is 0 Å². The molecule has 0 aromatic carbocycles. The van der Waals surface area contributed by atoms with Gasteiger partial charge >= 0.3 is 5.97 Å². The highest BCUT2D eigenvalue weighted by Gasteiger charge is 2.57. The lowest BCUT2D eigenvalue weighted by Gasteiger charge is -2.55. The van der Waals surface area contributed by atoms with Crippen LogP contribution in [0.3, 0.4) is 0 Å². The molecule has 0 radical (unpaired) electrons. The molecule has 0 unspecified atom stereocenters. The van der Waals surface area contributed by atoms with Gasteiger partial charge < -0.3 is 9.47 Å². The number of carbonyl (C=O) groups excluding carboxylic acids is 1. The van der Waals surface area contributed by atoms with Crippen molar-refractivity contribution in [2.45, 2.75) is 105 Å². The first-order valence-corrected chi connectivity index (χ1v) is 12.8. The molecule has 0 aliphatic heterocycles. The van der Waals surface area contributed by atoms with E-state index in [1.807, 2.05) is 0 Å². The molecular formula is C28H44O3. The molecule has 174 valence electrons. The van der Waals surface area contributed by atoms with Gasteiger partial charge in [0.05, 0.1) is 6.10 Å². The van der Waals surface area contributed by atoms with Crippen LogP contribution in [0.5, 0.6) is 0 Å². The molecule has 0 amide bonds. The van der Waals surface area contributed by atoms with Crippen LogP contribution in [0.2, 0.25) is 0 Å². The molecule has 0 aromatic heterocycles. The molecule has 0 N–H and O–H groups in total. The number of rotatable bonds is 6. The second kappa shape index (κ2) is 8.69. The summed E-state index contributed by atoms with van der Waals surface area (Å²) in [6, 6.07) is 0. The number of carbonyl (C=O) groups is 1. The van der Waals surface area contributed by atoms with Crippen LogP contribution in [-0.4, -0.2) is 24.8 Å². The maximum absolute atomic E-state index is 11.5. The number of ether oxygens (including phenoxy) is 2. The van der Waals surface area contributed by atoms with Crippen LogP contribution >= 0.6 is 0 Å². The van der Waals surface area contributed by atoms with Crippen molar-refractivity contribution in [3.63, 3.8) is 0 Å². The number of esters is 1. The Bertz CT molecular complexity index is 749. The van der Waals surface area contributed by atoms with Gasteiger partial charge in [0, 0.05) is 20.0 Å². The van der Waals surface area contributed by atoms with Gasteiger partial charge in [0.25, 0.3) is 0 Å². The SMILES string of the molecule is CC(=O)O[C@H]1CC[C@@]2(C)C(=CC=C3[C@@H]4CC[C@H]([C@H](C)OCCC(C)C)[C@@]4(C)CC[C@@H]32)C1. The topological polar surface area (TPSA) is 35.5 Å². The van der Waals surface area contributed by atoms with Gasteiger partial charge in [-0.1, -0.05) is 51.0 Å². The lowest BCUT2D eigenvalue weighted by molar-refractivity contribution is -0.148. The van der Waals surface area contributed by atoms with E-state index in [0.717, 1.165) is 32.3 Å². The van der Waals surface area contributed by atoms with Crippen molar-refractivity contribution in [2.24, 2.45) is 34.5 Å². The van der Waals surface area contributed by atoms with Crippen molar-refractivity contribution in [2.75, 3.05) is 6.61 Å². The Balaban J connectivity index is 1.51. The molecule has 0 spiro atoms. The fraction of sp³-hybridized carbons (Fsp3) is 0.821. The molecule has 4 aliphatic carbocycles. The molecular weight excluding hydrogens is 384 g/mol. The lowest BCUT2D eigenvalue weighted by Crippen LogP contribution is -2.47. The first kappa shape index (κ1) is 23.1. The summed E-state index contributed by atoms with van der Waals surface area (Å²) in [6.07, 6.45) is 14.8. The summed E-state index contributed by atoms with van der Waals surface area (Å²) in [5, 5.41) is 0. The standard InChI is InChI=1S/C28H44O3/c1-18(2)13-16-30-19(3)24-9-10-25-23-8-7-21-17-22(31-20(4)29)11-14-27(21,5)26(23)12-15-28(24,25)6/h7-8,18-19,22,24-26H,9-17H2,1-6H3/t19-,22-,24+,25-,26-,27-,28+/m0/s1. The van der Waals surface area contributed by atoms with E-state index in [9.17, 15) is 4.79 Å². The molecule has 4 rings (SSSR count). The fourth-order valence-electron chi connectivity index (χ4n) is 7.72. The van der Waals surface area contributed by atoms with Crippen molar-refractivity contribution in [1.82, 2.24) is 0 Å². The number of fused-ring (bicyclic) bond motifs is 5. The van der Waals surface area contributed by atoms with E-state index in [0.29, 0.717) is 35.2 Å². The van der Waals surface area contributed by atoms with E-state index in [1.165, 1.54) is 38.2 Å². The summed E-state index contributed by atoms with van der Waals surface area (Å²) in [4.78, 5) is 11.5. The minimum absolute atomic E-state index is 0.0697. The van der Waals surface area contributed by atoms with Crippen molar-refractivity contribution >= 4 is 5.97 Å². The molecule has 4 aliphatic rings. The monoisotopic (exact) mass is 428 g/mol. The first-order chi connectivity index (χ1) is 14.6. The van der Waals surface area contributed by atoms with Crippen molar-refractivity contribution in [1.29, 1.82) is 0 Å². The van der Waals surface area contributed by atoms with Crippen LogP contribution in [-0.2, 0) is 14.3 Å². The third-order valence-electron chi connectivity index (χ3n) is 9.57. The third kappa shape index (κ3) is 4.16. The minimum Gasteiger partial charge on any atom is -0.462 e. The Hall–Kier alpha value is -1.09. The molecule has 3 saturated carbocycles. The highest BCUT2D eigenvalue weighted by atomic mass is 16.5. The second-order valence-corrected chi connectivity index (χ2v) is 11.8. The van der Waals surface area contributed by atoms with Crippen LogP contribution in [0.1, 0.15) is 92.9 Å². The summed E-state index contributed by atoms with van der Waals surface area (Å²) in [7, 11) is 0. The Labute approximate surface area is 190 Å². The molecule has 0 saturated heterocycles. The summed E-state index contributed by atoms with van der Waals surface area (Å²) < 4.78 is 11.9. The Kier molecular flexibility index (Phi) is 6.47. The molecule has 3 nitrogen and oxygen atoms in total. The zero-order chi connectivity index (χ0) is 22.4. The van der Waals surface area contributed by atoms with E-state index in [1.54, 1.807) is 5.57 Å². The predicted molar refractivity (Wildman–Crippen MR) is 126 cm³/mol. The maximum atomic E-state index is 11.5. The van der Waals surface area contributed by atoms with Crippen LogP contribution < -0.4 is 0 Å². The van der Waals surface area contributed by atoms with E-state index >= 15 is 0 Å². The van der Waals surface area contributed by atoms with Crippen LogP contribution in [0, 0.1) is 34.5 Å². The Morgan fingerprint density at radius 1 is 1.06 bits per heavy atom. The molecule has 31 heavy (non-hydrogen) atoms. The fourth-order valence-corrected chi connectivity index (χ4v) is 7.72. The van der Waals surface area contributed by atoms with E-state index < -0.39 is 0 Å². The zero-order valence-electron chi connectivity index (χ0n) is 20.7. The number of allylic oxidation sites excluding steroid dienone is 3. The Morgan fingerprint density at radius 2 is 1.84 bits per heavy atom.